The molecular formula is C37H44F4N2O11. The van der Waals surface area contributed by atoms with Gasteiger partial charge < -0.3 is 48.9 Å². The summed E-state index contributed by atoms with van der Waals surface area (Å²) in [6.45, 7) is 11.3. The number of carbonyl (C=O) groups excluding carboxylic acids is 2. The second kappa shape index (κ2) is 14.7. The summed E-state index contributed by atoms with van der Waals surface area (Å²) in [5.41, 5.74) is -1.05. The van der Waals surface area contributed by atoms with Crippen molar-refractivity contribution < 1.29 is 70.2 Å². The fourth-order valence-electron chi connectivity index (χ4n) is 7.48. The number of carboxylic acids is 1. The predicted molar refractivity (Wildman–Crippen MR) is 178 cm³/mol. The molecule has 0 aromatic heterocycles. The summed E-state index contributed by atoms with van der Waals surface area (Å²) in [5, 5.41) is 15.2. The molecule has 0 aliphatic carbocycles. The molecule has 3 N–H and O–H groups in total. The second-order valence-electron chi connectivity index (χ2n) is 15.7. The van der Waals surface area contributed by atoms with E-state index in [2.05, 4.69) is 10.6 Å². The van der Waals surface area contributed by atoms with Crippen molar-refractivity contribution in [2.75, 3.05) is 0 Å². The number of carbonyl (C=O) groups is 3. The minimum absolute atomic E-state index is 0.0426. The normalized spacial score (nSPS) is 30.6. The molecule has 4 aliphatic rings. The van der Waals surface area contributed by atoms with Crippen molar-refractivity contribution in [1.82, 2.24) is 10.6 Å². The molecule has 17 heteroatoms. The van der Waals surface area contributed by atoms with Crippen LogP contribution in [0.2, 0.25) is 0 Å². The maximum absolute atomic E-state index is 15.1. The number of amides is 2. The number of fused-ring (bicyclic) bond motifs is 2. The molecule has 0 bridgehead atoms. The van der Waals surface area contributed by atoms with Gasteiger partial charge in [0.25, 0.3) is 0 Å². The van der Waals surface area contributed by atoms with Crippen LogP contribution in [-0.4, -0.2) is 89.0 Å². The number of carboxylic acid groups (broad SMARTS) is 1. The third kappa shape index (κ3) is 8.66. The Morgan fingerprint density at radius 3 is 1.56 bits per heavy atom. The lowest BCUT2D eigenvalue weighted by atomic mass is 9.95. The van der Waals surface area contributed by atoms with Crippen molar-refractivity contribution >= 4 is 18.0 Å². The van der Waals surface area contributed by atoms with Crippen LogP contribution >= 0.6 is 0 Å². The summed E-state index contributed by atoms with van der Waals surface area (Å²) in [4.78, 5) is 39.3. The highest BCUT2D eigenvalue weighted by atomic mass is 19.1. The molecule has 4 saturated heterocycles. The average molecular weight is 769 g/mol. The van der Waals surface area contributed by atoms with Crippen LogP contribution < -0.4 is 10.6 Å². The molecule has 6 rings (SSSR count). The van der Waals surface area contributed by atoms with E-state index in [1.54, 1.807) is 48.5 Å². The Bertz CT molecular complexity index is 1770. The van der Waals surface area contributed by atoms with Crippen LogP contribution in [0.1, 0.15) is 84.6 Å². The summed E-state index contributed by atoms with van der Waals surface area (Å²) in [7, 11) is 0. The highest BCUT2D eigenvalue weighted by Gasteiger charge is 2.60. The molecule has 4 aliphatic heterocycles. The largest absolute Gasteiger partial charge is 0.481 e. The molecule has 2 aromatic rings. The van der Waals surface area contributed by atoms with E-state index in [0.717, 1.165) is 12.1 Å². The van der Waals surface area contributed by atoms with Gasteiger partial charge in [0.15, 0.2) is 11.6 Å². The van der Waals surface area contributed by atoms with Crippen LogP contribution in [0.3, 0.4) is 0 Å². The number of aliphatic carboxylic acids is 1. The van der Waals surface area contributed by atoms with E-state index in [9.17, 15) is 28.3 Å². The molecule has 10 atom stereocenters. The third-order valence-electron chi connectivity index (χ3n) is 9.36. The molecule has 4 fully saturated rings. The smallest absolute Gasteiger partial charge is 0.407 e. The minimum atomic E-state index is -1.32. The van der Waals surface area contributed by atoms with Gasteiger partial charge >= 0.3 is 12.1 Å². The Labute approximate surface area is 308 Å². The second-order valence-corrected chi connectivity index (χ2v) is 15.7. The summed E-state index contributed by atoms with van der Waals surface area (Å²) < 4.78 is 100. The fraction of sp³-hybridized carbons (Fsp3) is 0.595. The molecular weight excluding hydrogens is 724 g/mol. The first-order valence-corrected chi connectivity index (χ1v) is 17.5. The molecule has 0 saturated carbocycles. The summed E-state index contributed by atoms with van der Waals surface area (Å²) in [6.07, 6.45) is -10.7. The van der Waals surface area contributed by atoms with Crippen LogP contribution in [-0.2, 0) is 42.7 Å². The molecule has 4 heterocycles. The SMILES string of the molecule is CC(C)(C)OC(=O)N[C@@H](CC(=O)N[C@H](CC(=O)O)[C@H]1O[C@@H](c2ccc(F)cc2F)[C@H]2OC(C)(C)O[C@@H]12)[C@H]1O[C@@H](c2ccc(F)cc2F)[C@H]2OC(C)(C)O[C@@H]12. The number of alkyl carbamates (subject to hydrolysis) is 1. The zero-order chi connectivity index (χ0) is 39.5. The van der Waals surface area contributed by atoms with Crippen LogP contribution in [0.25, 0.3) is 0 Å². The van der Waals surface area contributed by atoms with Crippen molar-refractivity contribution in [3.8, 4) is 0 Å². The topological polar surface area (TPSA) is 160 Å². The number of halogens is 4. The number of rotatable bonds is 10. The maximum Gasteiger partial charge on any atom is 0.407 e. The highest BCUT2D eigenvalue weighted by Crippen LogP contribution is 2.48. The Kier molecular flexibility index (Phi) is 10.8. The van der Waals surface area contributed by atoms with Crippen LogP contribution in [0.15, 0.2) is 36.4 Å². The first-order chi connectivity index (χ1) is 25.1. The van der Waals surface area contributed by atoms with E-state index in [-0.39, 0.29) is 11.1 Å². The quantitative estimate of drug-likeness (QED) is 0.276. The molecule has 54 heavy (non-hydrogen) atoms. The van der Waals surface area contributed by atoms with E-state index < -0.39 is 132 Å². The molecule has 0 unspecified atom stereocenters. The lowest BCUT2D eigenvalue weighted by Gasteiger charge is -2.32. The van der Waals surface area contributed by atoms with E-state index >= 15 is 8.78 Å². The lowest BCUT2D eigenvalue weighted by Crippen LogP contribution is -2.54. The van der Waals surface area contributed by atoms with Crippen LogP contribution in [0.5, 0.6) is 0 Å². The van der Waals surface area contributed by atoms with Crippen molar-refractivity contribution in [1.29, 1.82) is 0 Å². The minimum Gasteiger partial charge on any atom is -0.481 e. The van der Waals surface area contributed by atoms with Crippen molar-refractivity contribution in [2.24, 2.45) is 0 Å². The molecule has 0 spiro atoms. The Morgan fingerprint density at radius 2 is 1.15 bits per heavy atom. The van der Waals surface area contributed by atoms with Crippen LogP contribution in [0.4, 0.5) is 22.4 Å². The number of hydrogen-bond donors (Lipinski definition) is 3. The Hall–Kier alpha value is -3.87. The first-order valence-electron chi connectivity index (χ1n) is 17.5. The molecule has 0 radical (unpaired) electrons. The van der Waals surface area contributed by atoms with Gasteiger partial charge in [-0.15, -0.1) is 0 Å². The van der Waals surface area contributed by atoms with Gasteiger partial charge in [0, 0.05) is 29.7 Å². The average Bonchev–Trinajstić information content (AvgIpc) is 3.71. The summed E-state index contributed by atoms with van der Waals surface area (Å²) in [6, 6.07) is 3.34. The number of ether oxygens (including phenoxy) is 7. The molecule has 13 nitrogen and oxygen atoms in total. The number of benzene rings is 2. The summed E-state index contributed by atoms with van der Waals surface area (Å²) >= 11 is 0. The number of nitrogens with one attached hydrogen (secondary N) is 2. The predicted octanol–water partition coefficient (Wildman–Crippen LogP) is 5.11. The number of hydrogen-bond acceptors (Lipinski definition) is 10. The van der Waals surface area contributed by atoms with Gasteiger partial charge in [0.05, 0.1) is 18.5 Å². The monoisotopic (exact) mass is 768 g/mol. The van der Waals surface area contributed by atoms with Crippen molar-refractivity contribution in [3.63, 3.8) is 0 Å². The van der Waals surface area contributed by atoms with Crippen molar-refractivity contribution in [2.45, 2.75) is 139 Å². The van der Waals surface area contributed by atoms with E-state index in [4.69, 9.17) is 33.2 Å². The lowest BCUT2D eigenvalue weighted by molar-refractivity contribution is -0.191. The van der Waals surface area contributed by atoms with E-state index in [1.165, 1.54) is 12.1 Å². The van der Waals surface area contributed by atoms with Gasteiger partial charge in [-0.1, -0.05) is 12.1 Å². The van der Waals surface area contributed by atoms with Crippen molar-refractivity contribution in [3.05, 3.63) is 70.8 Å². The molecule has 296 valence electrons. The van der Waals surface area contributed by atoms with Gasteiger partial charge in [-0.05, 0) is 60.6 Å². The highest BCUT2D eigenvalue weighted by molar-refractivity contribution is 5.79. The van der Waals surface area contributed by atoms with E-state index in [1.807, 2.05) is 0 Å². The zero-order valence-electron chi connectivity index (χ0n) is 30.7. The first kappa shape index (κ1) is 39.8. The summed E-state index contributed by atoms with van der Waals surface area (Å²) in [5.74, 6) is -7.97. The Balaban J connectivity index is 1.29. The van der Waals surface area contributed by atoms with Crippen LogP contribution in [0, 0.1) is 23.3 Å². The van der Waals surface area contributed by atoms with Gasteiger partial charge in [0.2, 0.25) is 5.91 Å². The fourth-order valence-corrected chi connectivity index (χ4v) is 7.48. The van der Waals surface area contributed by atoms with Gasteiger partial charge in [-0.2, -0.15) is 0 Å². The van der Waals surface area contributed by atoms with E-state index in [0.29, 0.717) is 12.1 Å². The Morgan fingerprint density at radius 1 is 0.722 bits per heavy atom. The maximum atomic E-state index is 15.1. The molecule has 2 amide bonds. The zero-order valence-corrected chi connectivity index (χ0v) is 30.7. The van der Waals surface area contributed by atoms with Gasteiger partial charge in [-0.3, -0.25) is 9.59 Å². The molecule has 2 aromatic carbocycles. The third-order valence-corrected chi connectivity index (χ3v) is 9.36. The van der Waals surface area contributed by atoms with Gasteiger partial charge in [0.1, 0.15) is 77.7 Å². The van der Waals surface area contributed by atoms with Gasteiger partial charge in [-0.25, -0.2) is 22.4 Å². The standard InChI is InChI=1S/C37H44F4N2O11/c1-35(2,3)54-34(47)43-22(28-32-30(50-36(4,5)52-32)26(48-28)18-10-8-16(38)12-20(18)40)14-24(44)42-23(15-25(45)46)29-33-31(51-37(6,7)53-33)27(49-29)19-11-9-17(39)13-21(19)41/h8-13,22-23,26-33H,14-15H2,1-7H3,(H,42,44)(H,43,47)(H,45,46)/t22-,23+,26-,27-,28+,29+,30+,31+,32-,33-/m0/s1.